The van der Waals surface area contributed by atoms with Gasteiger partial charge in [-0.1, -0.05) is 18.2 Å². The van der Waals surface area contributed by atoms with Crippen LogP contribution in [0.5, 0.6) is 0 Å². The fraction of sp³-hybridized carbons (Fsp3) is 0.300. The van der Waals surface area contributed by atoms with E-state index in [0.29, 0.717) is 12.8 Å². The molecule has 0 fully saturated rings. The maximum absolute atomic E-state index is 11.1. The second-order valence-corrected chi connectivity index (χ2v) is 2.74. The second-order valence-electron chi connectivity index (χ2n) is 2.74. The van der Waals surface area contributed by atoms with Gasteiger partial charge in [0, 0.05) is 18.7 Å². The number of nitrogens with one attached hydrogen (secondary N) is 1. The van der Waals surface area contributed by atoms with Crippen LogP contribution in [-0.4, -0.2) is 17.6 Å². The van der Waals surface area contributed by atoms with Gasteiger partial charge < -0.3 is 10.4 Å². The zero-order valence-corrected chi connectivity index (χ0v) is 7.36. The van der Waals surface area contributed by atoms with Crippen molar-refractivity contribution in [2.45, 2.75) is 12.8 Å². The molecular formula is C10H13NO2. The van der Waals surface area contributed by atoms with Crippen LogP contribution in [0.1, 0.15) is 12.8 Å². The van der Waals surface area contributed by atoms with Crippen molar-refractivity contribution in [3.05, 3.63) is 30.3 Å². The predicted octanol–water partition coefficient (Wildman–Crippen LogP) is 1.40. The lowest BCUT2D eigenvalue weighted by atomic mass is 10.3. The SMILES string of the molecule is O=C(CCCO)Nc1ccccc1. The van der Waals surface area contributed by atoms with Gasteiger partial charge in [-0.2, -0.15) is 0 Å². The lowest BCUT2D eigenvalue weighted by Crippen LogP contribution is -2.11. The minimum Gasteiger partial charge on any atom is -0.396 e. The Morgan fingerprint density at radius 3 is 2.62 bits per heavy atom. The van der Waals surface area contributed by atoms with E-state index in [2.05, 4.69) is 5.32 Å². The first kappa shape index (κ1) is 9.74. The number of hydrogen-bond acceptors (Lipinski definition) is 2. The summed E-state index contributed by atoms with van der Waals surface area (Å²) < 4.78 is 0. The third kappa shape index (κ3) is 3.71. The van der Waals surface area contributed by atoms with Crippen LogP contribution in [0.15, 0.2) is 30.3 Å². The Labute approximate surface area is 77.4 Å². The normalized spacial score (nSPS) is 9.62. The molecule has 0 radical (unpaired) electrons. The predicted molar refractivity (Wildman–Crippen MR) is 51.4 cm³/mol. The highest BCUT2D eigenvalue weighted by atomic mass is 16.3. The van der Waals surface area contributed by atoms with Gasteiger partial charge in [0.15, 0.2) is 0 Å². The average molecular weight is 179 g/mol. The molecule has 0 aromatic heterocycles. The molecule has 1 amide bonds. The molecule has 0 bridgehead atoms. The van der Waals surface area contributed by atoms with Crippen LogP contribution in [0.3, 0.4) is 0 Å². The van der Waals surface area contributed by atoms with Gasteiger partial charge in [0.2, 0.25) is 5.91 Å². The van der Waals surface area contributed by atoms with Crippen molar-refractivity contribution in [2.75, 3.05) is 11.9 Å². The molecule has 0 aliphatic carbocycles. The molecule has 0 saturated heterocycles. The molecule has 0 atom stereocenters. The largest absolute Gasteiger partial charge is 0.396 e. The lowest BCUT2D eigenvalue weighted by Gasteiger charge is -2.03. The first-order valence-corrected chi connectivity index (χ1v) is 4.28. The average Bonchev–Trinajstić information content (AvgIpc) is 2.16. The zero-order valence-electron chi connectivity index (χ0n) is 7.36. The number of para-hydroxylation sites is 1. The van der Waals surface area contributed by atoms with Crippen LogP contribution >= 0.6 is 0 Å². The number of amides is 1. The number of carbonyl (C=O) groups excluding carboxylic acids is 1. The Bertz CT molecular complexity index is 259. The molecule has 70 valence electrons. The van der Waals surface area contributed by atoms with Crippen molar-refractivity contribution in [2.24, 2.45) is 0 Å². The van der Waals surface area contributed by atoms with Crippen molar-refractivity contribution >= 4 is 11.6 Å². The maximum atomic E-state index is 11.1. The highest BCUT2D eigenvalue weighted by Crippen LogP contribution is 2.05. The molecule has 0 spiro atoms. The zero-order chi connectivity index (χ0) is 9.52. The van der Waals surface area contributed by atoms with Gasteiger partial charge in [0.1, 0.15) is 0 Å². The summed E-state index contributed by atoms with van der Waals surface area (Å²) in [5.41, 5.74) is 0.797. The van der Waals surface area contributed by atoms with Gasteiger partial charge in [-0.05, 0) is 18.6 Å². The number of benzene rings is 1. The molecule has 3 heteroatoms. The van der Waals surface area contributed by atoms with Crippen LogP contribution in [-0.2, 0) is 4.79 Å². The molecule has 1 aromatic rings. The van der Waals surface area contributed by atoms with Gasteiger partial charge >= 0.3 is 0 Å². The van der Waals surface area contributed by atoms with E-state index >= 15 is 0 Å². The minimum atomic E-state index is -0.0553. The second kappa shape index (κ2) is 5.32. The standard InChI is InChI=1S/C10H13NO2/c12-8-4-7-10(13)11-9-5-2-1-3-6-9/h1-3,5-6,12H,4,7-8H2,(H,11,13). The van der Waals surface area contributed by atoms with Crippen LogP contribution in [0.2, 0.25) is 0 Å². The summed E-state index contributed by atoms with van der Waals surface area (Å²) in [7, 11) is 0. The van der Waals surface area contributed by atoms with Gasteiger partial charge in [-0.15, -0.1) is 0 Å². The highest BCUT2D eigenvalue weighted by molar-refractivity contribution is 5.90. The molecular weight excluding hydrogens is 166 g/mol. The van der Waals surface area contributed by atoms with Crippen LogP contribution in [0.25, 0.3) is 0 Å². The minimum absolute atomic E-state index is 0.0553. The van der Waals surface area contributed by atoms with Crippen molar-refractivity contribution in [3.63, 3.8) is 0 Å². The van der Waals surface area contributed by atoms with Gasteiger partial charge in [0.05, 0.1) is 0 Å². The van der Waals surface area contributed by atoms with E-state index in [1.807, 2.05) is 30.3 Å². The molecule has 3 nitrogen and oxygen atoms in total. The number of aliphatic hydroxyl groups is 1. The Morgan fingerprint density at radius 1 is 1.31 bits per heavy atom. The lowest BCUT2D eigenvalue weighted by molar-refractivity contribution is -0.116. The van der Waals surface area contributed by atoms with E-state index in [0.717, 1.165) is 5.69 Å². The highest BCUT2D eigenvalue weighted by Gasteiger charge is 1.99. The summed E-state index contributed by atoms with van der Waals surface area (Å²) in [6.45, 7) is 0.0577. The number of carbonyl (C=O) groups is 1. The van der Waals surface area contributed by atoms with Gasteiger partial charge in [-0.25, -0.2) is 0 Å². The van der Waals surface area contributed by atoms with E-state index in [1.54, 1.807) is 0 Å². The quantitative estimate of drug-likeness (QED) is 0.734. The Morgan fingerprint density at radius 2 is 2.00 bits per heavy atom. The summed E-state index contributed by atoms with van der Waals surface area (Å²) in [5.74, 6) is -0.0553. The van der Waals surface area contributed by atoms with Crippen LogP contribution in [0, 0.1) is 0 Å². The van der Waals surface area contributed by atoms with Crippen molar-refractivity contribution in [1.29, 1.82) is 0 Å². The Balaban J connectivity index is 2.37. The first-order chi connectivity index (χ1) is 6.33. The van der Waals surface area contributed by atoms with E-state index in [-0.39, 0.29) is 12.5 Å². The monoisotopic (exact) mass is 179 g/mol. The topological polar surface area (TPSA) is 49.3 Å². The molecule has 0 aliphatic heterocycles. The number of rotatable bonds is 4. The Hall–Kier alpha value is -1.35. The summed E-state index contributed by atoms with van der Waals surface area (Å²) in [4.78, 5) is 11.1. The molecule has 1 rings (SSSR count). The van der Waals surface area contributed by atoms with Crippen LogP contribution in [0.4, 0.5) is 5.69 Å². The van der Waals surface area contributed by atoms with E-state index < -0.39 is 0 Å². The molecule has 13 heavy (non-hydrogen) atoms. The fourth-order valence-electron chi connectivity index (χ4n) is 0.985. The maximum Gasteiger partial charge on any atom is 0.224 e. The molecule has 0 saturated carbocycles. The molecule has 0 unspecified atom stereocenters. The summed E-state index contributed by atoms with van der Waals surface area (Å²) >= 11 is 0. The van der Waals surface area contributed by atoms with E-state index in [1.165, 1.54) is 0 Å². The van der Waals surface area contributed by atoms with Crippen LogP contribution < -0.4 is 5.32 Å². The third-order valence-electron chi connectivity index (χ3n) is 1.62. The number of anilines is 1. The summed E-state index contributed by atoms with van der Waals surface area (Å²) in [6, 6.07) is 9.28. The van der Waals surface area contributed by atoms with Crippen molar-refractivity contribution < 1.29 is 9.90 Å². The summed E-state index contributed by atoms with van der Waals surface area (Å²) in [5, 5.41) is 11.2. The van der Waals surface area contributed by atoms with Gasteiger partial charge in [0.25, 0.3) is 0 Å². The number of aliphatic hydroxyl groups excluding tert-OH is 1. The first-order valence-electron chi connectivity index (χ1n) is 4.28. The molecule has 0 heterocycles. The van der Waals surface area contributed by atoms with E-state index in [4.69, 9.17) is 5.11 Å². The fourth-order valence-corrected chi connectivity index (χ4v) is 0.985. The van der Waals surface area contributed by atoms with E-state index in [9.17, 15) is 4.79 Å². The third-order valence-corrected chi connectivity index (χ3v) is 1.62. The number of hydrogen-bond donors (Lipinski definition) is 2. The molecule has 0 aliphatic rings. The Kier molecular flexibility index (Phi) is 3.99. The molecule has 2 N–H and O–H groups in total. The summed E-state index contributed by atoms with van der Waals surface area (Å²) in [6.07, 6.45) is 0.879. The van der Waals surface area contributed by atoms with Gasteiger partial charge in [-0.3, -0.25) is 4.79 Å². The smallest absolute Gasteiger partial charge is 0.224 e. The van der Waals surface area contributed by atoms with Crippen molar-refractivity contribution in [3.8, 4) is 0 Å². The molecule has 1 aromatic carbocycles. The van der Waals surface area contributed by atoms with Crippen molar-refractivity contribution in [1.82, 2.24) is 0 Å².